The second kappa shape index (κ2) is 5.85. The Morgan fingerprint density at radius 3 is 2.36 bits per heavy atom. The molecule has 2 aromatic carbocycles. The Labute approximate surface area is 131 Å². The zero-order valence-electron chi connectivity index (χ0n) is 12.9. The van der Waals surface area contributed by atoms with Crippen LogP contribution < -0.4 is 0 Å². The number of hydrogen-bond acceptors (Lipinski definition) is 1. The maximum Gasteiger partial charge on any atom is 0.123 e. The van der Waals surface area contributed by atoms with Crippen molar-refractivity contribution >= 4 is 0 Å². The molecule has 0 bridgehead atoms. The molecule has 0 N–H and O–H groups in total. The van der Waals surface area contributed by atoms with Gasteiger partial charge in [-0.25, -0.2) is 4.39 Å². The predicted molar refractivity (Wildman–Crippen MR) is 88.5 cm³/mol. The normalized spacial score (nSPS) is 21.8. The molecule has 0 saturated carbocycles. The summed E-state index contributed by atoms with van der Waals surface area (Å²) in [4.78, 5) is 2.68. The van der Waals surface area contributed by atoms with E-state index < -0.39 is 0 Å². The molecule has 0 radical (unpaired) electrons. The highest BCUT2D eigenvalue weighted by molar-refractivity contribution is 5.65. The quantitative estimate of drug-likeness (QED) is 0.791. The molecular weight excluding hydrogens is 273 g/mol. The van der Waals surface area contributed by atoms with Gasteiger partial charge >= 0.3 is 0 Å². The van der Waals surface area contributed by atoms with Crippen molar-refractivity contribution in [2.75, 3.05) is 13.1 Å². The summed E-state index contributed by atoms with van der Waals surface area (Å²) in [6.45, 7) is 2.57. The number of fused-ring (bicyclic) bond motifs is 1. The average molecular weight is 295 g/mol. The van der Waals surface area contributed by atoms with E-state index in [9.17, 15) is 4.39 Å². The molecule has 1 saturated heterocycles. The second-order valence-electron chi connectivity index (χ2n) is 6.63. The first-order valence-corrected chi connectivity index (χ1v) is 8.41. The molecule has 1 atom stereocenters. The third-order valence-electron chi connectivity index (χ3n) is 5.24. The zero-order valence-corrected chi connectivity index (χ0v) is 12.9. The first-order valence-electron chi connectivity index (χ1n) is 8.41. The Bertz CT molecular complexity index is 656. The highest BCUT2D eigenvalue weighted by Gasteiger charge is 2.26. The van der Waals surface area contributed by atoms with Gasteiger partial charge < -0.3 is 4.90 Å². The van der Waals surface area contributed by atoms with E-state index in [0.29, 0.717) is 0 Å². The van der Waals surface area contributed by atoms with Crippen LogP contribution in [0.1, 0.15) is 30.4 Å². The van der Waals surface area contributed by atoms with Crippen LogP contribution in [0.5, 0.6) is 0 Å². The number of benzene rings is 2. The van der Waals surface area contributed by atoms with Crippen LogP contribution in [0.25, 0.3) is 11.1 Å². The lowest BCUT2D eigenvalue weighted by Crippen LogP contribution is -2.37. The monoisotopic (exact) mass is 295 g/mol. The molecule has 1 heterocycles. The molecule has 22 heavy (non-hydrogen) atoms. The van der Waals surface area contributed by atoms with E-state index in [0.717, 1.165) is 11.6 Å². The highest BCUT2D eigenvalue weighted by atomic mass is 19.1. The second-order valence-corrected chi connectivity index (χ2v) is 6.63. The smallest absolute Gasteiger partial charge is 0.123 e. The molecule has 2 heteroatoms. The van der Waals surface area contributed by atoms with Crippen LogP contribution in [0.15, 0.2) is 42.5 Å². The maximum absolute atomic E-state index is 13.1. The molecule has 1 fully saturated rings. The minimum Gasteiger partial charge on any atom is -0.300 e. The van der Waals surface area contributed by atoms with Crippen molar-refractivity contribution in [3.8, 4) is 11.1 Å². The predicted octanol–water partition coefficient (Wildman–Crippen LogP) is 4.45. The first-order chi connectivity index (χ1) is 10.8. The van der Waals surface area contributed by atoms with Crippen LogP contribution in [0.2, 0.25) is 0 Å². The molecule has 114 valence electrons. The van der Waals surface area contributed by atoms with Gasteiger partial charge in [-0.15, -0.1) is 0 Å². The van der Waals surface area contributed by atoms with Gasteiger partial charge in [-0.2, -0.15) is 0 Å². The van der Waals surface area contributed by atoms with Crippen molar-refractivity contribution < 1.29 is 4.39 Å². The van der Waals surface area contributed by atoms with Crippen LogP contribution in [-0.2, 0) is 12.8 Å². The Balaban J connectivity index is 1.56. The van der Waals surface area contributed by atoms with Gasteiger partial charge in [0.25, 0.3) is 0 Å². The van der Waals surface area contributed by atoms with E-state index in [2.05, 4.69) is 23.1 Å². The van der Waals surface area contributed by atoms with E-state index in [1.807, 2.05) is 12.1 Å². The molecule has 2 aliphatic rings. The zero-order chi connectivity index (χ0) is 14.9. The molecule has 1 aliphatic carbocycles. The molecule has 1 unspecified atom stereocenters. The summed E-state index contributed by atoms with van der Waals surface area (Å²) in [5, 5.41) is 0. The largest absolute Gasteiger partial charge is 0.300 e. The molecule has 0 spiro atoms. The van der Waals surface area contributed by atoms with Gasteiger partial charge in [-0.3, -0.25) is 0 Å². The van der Waals surface area contributed by atoms with Crippen LogP contribution in [0.4, 0.5) is 4.39 Å². The lowest BCUT2D eigenvalue weighted by atomic mass is 9.85. The SMILES string of the molecule is Fc1ccc(-c2ccc3c(c2)CCC(N2CCCC2)C3)cc1. The van der Waals surface area contributed by atoms with Gasteiger partial charge in [-0.1, -0.05) is 30.3 Å². The van der Waals surface area contributed by atoms with Crippen molar-refractivity contribution in [2.45, 2.75) is 38.1 Å². The van der Waals surface area contributed by atoms with Gasteiger partial charge in [0.15, 0.2) is 0 Å². The minimum atomic E-state index is -0.171. The average Bonchev–Trinajstić information content (AvgIpc) is 3.09. The fraction of sp³-hybridized carbons (Fsp3) is 0.400. The Morgan fingerprint density at radius 2 is 1.59 bits per heavy atom. The van der Waals surface area contributed by atoms with Gasteiger partial charge in [0.2, 0.25) is 0 Å². The number of nitrogens with zero attached hydrogens (tertiary/aromatic N) is 1. The van der Waals surface area contributed by atoms with Gasteiger partial charge in [0.1, 0.15) is 5.82 Å². The van der Waals surface area contributed by atoms with Crippen molar-refractivity contribution in [1.82, 2.24) is 4.90 Å². The van der Waals surface area contributed by atoms with Crippen LogP contribution in [-0.4, -0.2) is 24.0 Å². The van der Waals surface area contributed by atoms with Crippen LogP contribution in [0, 0.1) is 5.82 Å². The van der Waals surface area contributed by atoms with E-state index in [4.69, 9.17) is 0 Å². The number of aryl methyl sites for hydroxylation is 1. The summed E-state index contributed by atoms with van der Waals surface area (Å²) in [7, 11) is 0. The number of halogens is 1. The maximum atomic E-state index is 13.1. The topological polar surface area (TPSA) is 3.24 Å². The lowest BCUT2D eigenvalue weighted by molar-refractivity contribution is 0.222. The first kappa shape index (κ1) is 14.0. The van der Waals surface area contributed by atoms with Crippen molar-refractivity contribution in [3.05, 3.63) is 59.4 Å². The van der Waals surface area contributed by atoms with E-state index in [1.54, 1.807) is 0 Å². The Morgan fingerprint density at radius 1 is 0.864 bits per heavy atom. The molecule has 1 nitrogen and oxygen atoms in total. The molecule has 4 rings (SSSR count). The summed E-state index contributed by atoms with van der Waals surface area (Å²) in [6.07, 6.45) is 6.38. The van der Waals surface area contributed by atoms with Crippen molar-refractivity contribution in [2.24, 2.45) is 0 Å². The fourth-order valence-corrected chi connectivity index (χ4v) is 3.98. The number of hydrogen-bond donors (Lipinski definition) is 0. The van der Waals surface area contributed by atoms with Crippen molar-refractivity contribution in [3.63, 3.8) is 0 Å². The number of rotatable bonds is 2. The lowest BCUT2D eigenvalue weighted by Gasteiger charge is -2.32. The summed E-state index contributed by atoms with van der Waals surface area (Å²) < 4.78 is 13.1. The van der Waals surface area contributed by atoms with E-state index in [-0.39, 0.29) is 5.82 Å². The summed E-state index contributed by atoms with van der Waals surface area (Å²) >= 11 is 0. The Kier molecular flexibility index (Phi) is 3.71. The van der Waals surface area contributed by atoms with Gasteiger partial charge in [0.05, 0.1) is 0 Å². The summed E-state index contributed by atoms with van der Waals surface area (Å²) in [5.74, 6) is -0.171. The molecule has 0 amide bonds. The third-order valence-corrected chi connectivity index (χ3v) is 5.24. The van der Waals surface area contributed by atoms with Crippen LogP contribution in [0.3, 0.4) is 0 Å². The molecule has 1 aliphatic heterocycles. The standard InChI is InChI=1S/C20H22FN/c21-19-8-5-15(6-9-19)16-3-4-18-14-20(10-7-17(18)13-16)22-11-1-2-12-22/h3-6,8-9,13,20H,1-2,7,10-12,14H2. The van der Waals surface area contributed by atoms with E-state index >= 15 is 0 Å². The van der Waals surface area contributed by atoms with Crippen LogP contribution >= 0.6 is 0 Å². The molecule has 2 aromatic rings. The highest BCUT2D eigenvalue weighted by Crippen LogP contribution is 2.30. The van der Waals surface area contributed by atoms with Gasteiger partial charge in [0, 0.05) is 6.04 Å². The Hall–Kier alpha value is -1.67. The van der Waals surface area contributed by atoms with Gasteiger partial charge in [-0.05, 0) is 79.6 Å². The fourth-order valence-electron chi connectivity index (χ4n) is 3.98. The molecule has 0 aromatic heterocycles. The number of likely N-dealkylation sites (tertiary alicyclic amines) is 1. The van der Waals surface area contributed by atoms with E-state index in [1.165, 1.54) is 74.0 Å². The summed E-state index contributed by atoms with van der Waals surface area (Å²) in [5.41, 5.74) is 5.30. The minimum absolute atomic E-state index is 0.171. The molecular formula is C20H22FN. The third kappa shape index (κ3) is 2.68. The van der Waals surface area contributed by atoms with Crippen molar-refractivity contribution in [1.29, 1.82) is 0 Å². The summed E-state index contributed by atoms with van der Waals surface area (Å²) in [6, 6.07) is 14.3.